The van der Waals surface area contributed by atoms with Gasteiger partial charge in [-0.15, -0.1) is 0 Å². The van der Waals surface area contributed by atoms with Crippen LogP contribution in [0.15, 0.2) is 54.2 Å². The molecule has 0 fully saturated rings. The van der Waals surface area contributed by atoms with Crippen molar-refractivity contribution in [3.8, 4) is 6.07 Å². The summed E-state index contributed by atoms with van der Waals surface area (Å²) in [6, 6.07) is 11.4. The van der Waals surface area contributed by atoms with Crippen molar-refractivity contribution in [2.24, 2.45) is 0 Å². The summed E-state index contributed by atoms with van der Waals surface area (Å²) in [5.41, 5.74) is 5.31. The van der Waals surface area contributed by atoms with E-state index in [1.165, 1.54) is 24.3 Å². The molecule has 4 N–H and O–H groups in total. The zero-order valence-electron chi connectivity index (χ0n) is 13.6. The molecule has 2 rings (SSSR count). The molecule has 0 spiro atoms. The molecule has 0 atom stereocenters. The van der Waals surface area contributed by atoms with Crippen LogP contribution in [0.2, 0.25) is 5.02 Å². The molecule has 10 heteroatoms. The Balaban J connectivity index is 2.17. The number of nitrogen functional groups attached to an aromatic ring is 1. The lowest BCUT2D eigenvalue weighted by Crippen LogP contribution is -2.22. The standard InChI is InChI=1S/C17H12ClN5O4/c18-13-6-5-11(23(26)27)7-15(13)22-16(24)10(8-19)9-21-17(25)12-3-1-2-4-14(12)20/h1-7,9H,20H2,(H,21,25)(H,22,24)/b10-9-. The number of hydrogen-bond acceptors (Lipinski definition) is 6. The van der Waals surface area contributed by atoms with Crippen molar-refractivity contribution in [1.29, 1.82) is 5.26 Å². The fourth-order valence-corrected chi connectivity index (χ4v) is 2.14. The van der Waals surface area contributed by atoms with Gasteiger partial charge in [0.05, 0.1) is 21.2 Å². The Bertz CT molecular complexity index is 997. The Hall–Kier alpha value is -3.90. The second-order valence-electron chi connectivity index (χ2n) is 5.11. The first-order valence-electron chi connectivity index (χ1n) is 7.34. The van der Waals surface area contributed by atoms with Crippen LogP contribution in [0.25, 0.3) is 0 Å². The molecule has 0 aliphatic rings. The van der Waals surface area contributed by atoms with Crippen LogP contribution in [-0.4, -0.2) is 16.7 Å². The average Bonchev–Trinajstić information content (AvgIpc) is 2.64. The van der Waals surface area contributed by atoms with Crippen molar-refractivity contribution >= 4 is 40.5 Å². The number of nitro benzene ring substituents is 1. The van der Waals surface area contributed by atoms with E-state index in [-0.39, 0.29) is 27.6 Å². The van der Waals surface area contributed by atoms with Gasteiger partial charge in [-0.1, -0.05) is 23.7 Å². The smallest absolute Gasteiger partial charge is 0.271 e. The van der Waals surface area contributed by atoms with Crippen LogP contribution in [0.5, 0.6) is 0 Å². The van der Waals surface area contributed by atoms with Crippen LogP contribution >= 0.6 is 11.6 Å². The van der Waals surface area contributed by atoms with Gasteiger partial charge in [0.1, 0.15) is 11.6 Å². The Kier molecular flexibility index (Phi) is 6.09. The number of nitrogens with one attached hydrogen (secondary N) is 2. The number of para-hydroxylation sites is 1. The number of nitro groups is 1. The van der Waals surface area contributed by atoms with Gasteiger partial charge in [-0.3, -0.25) is 19.7 Å². The molecule has 0 saturated heterocycles. The van der Waals surface area contributed by atoms with E-state index in [0.717, 1.165) is 12.3 Å². The molecule has 0 heterocycles. The number of nitriles is 1. The first-order valence-corrected chi connectivity index (χ1v) is 7.72. The minimum atomic E-state index is -0.902. The molecule has 0 aliphatic heterocycles. The highest BCUT2D eigenvalue weighted by Gasteiger charge is 2.16. The van der Waals surface area contributed by atoms with Crippen molar-refractivity contribution in [2.45, 2.75) is 0 Å². The van der Waals surface area contributed by atoms with E-state index >= 15 is 0 Å². The Morgan fingerprint density at radius 3 is 2.59 bits per heavy atom. The minimum Gasteiger partial charge on any atom is -0.398 e. The molecule has 2 amide bonds. The molecule has 136 valence electrons. The van der Waals surface area contributed by atoms with E-state index in [1.807, 2.05) is 0 Å². The molecule has 0 saturated carbocycles. The van der Waals surface area contributed by atoms with E-state index in [0.29, 0.717) is 0 Å². The molecule has 0 unspecified atom stereocenters. The highest BCUT2D eigenvalue weighted by Crippen LogP contribution is 2.27. The zero-order chi connectivity index (χ0) is 20.0. The maximum atomic E-state index is 12.2. The SMILES string of the molecule is N#C/C(=C/NC(=O)c1ccccc1N)C(=O)Nc1cc([N+](=O)[O-])ccc1Cl. The van der Waals surface area contributed by atoms with E-state index in [4.69, 9.17) is 22.6 Å². The Morgan fingerprint density at radius 2 is 1.96 bits per heavy atom. The number of nitrogens with zero attached hydrogens (tertiary/aromatic N) is 2. The largest absolute Gasteiger partial charge is 0.398 e. The van der Waals surface area contributed by atoms with Gasteiger partial charge in [-0.2, -0.15) is 5.26 Å². The Morgan fingerprint density at radius 1 is 1.26 bits per heavy atom. The number of benzene rings is 2. The number of amides is 2. The van der Waals surface area contributed by atoms with Gasteiger partial charge >= 0.3 is 0 Å². The van der Waals surface area contributed by atoms with E-state index < -0.39 is 22.3 Å². The lowest BCUT2D eigenvalue weighted by atomic mass is 10.1. The van der Waals surface area contributed by atoms with Crippen molar-refractivity contribution in [2.75, 3.05) is 11.1 Å². The monoisotopic (exact) mass is 385 g/mol. The van der Waals surface area contributed by atoms with Crippen LogP contribution in [0.1, 0.15) is 10.4 Å². The predicted octanol–water partition coefficient (Wildman–Crippen LogP) is 2.61. The van der Waals surface area contributed by atoms with Crippen LogP contribution in [-0.2, 0) is 4.79 Å². The number of nitrogens with two attached hydrogens (primary N) is 1. The molecule has 0 radical (unpaired) electrons. The van der Waals surface area contributed by atoms with E-state index in [2.05, 4.69) is 10.6 Å². The highest BCUT2D eigenvalue weighted by molar-refractivity contribution is 6.34. The van der Waals surface area contributed by atoms with E-state index in [9.17, 15) is 19.7 Å². The summed E-state index contributed by atoms with van der Waals surface area (Å²) in [7, 11) is 0. The van der Waals surface area contributed by atoms with Crippen LogP contribution in [0.3, 0.4) is 0 Å². The summed E-state index contributed by atoms with van der Waals surface area (Å²) >= 11 is 5.89. The number of non-ortho nitro benzene ring substituents is 1. The summed E-state index contributed by atoms with van der Waals surface area (Å²) in [4.78, 5) is 34.4. The summed E-state index contributed by atoms with van der Waals surface area (Å²) in [6.07, 6.45) is 0.912. The van der Waals surface area contributed by atoms with Gasteiger partial charge in [0.15, 0.2) is 0 Å². The quantitative estimate of drug-likeness (QED) is 0.236. The lowest BCUT2D eigenvalue weighted by molar-refractivity contribution is -0.384. The molecule has 9 nitrogen and oxygen atoms in total. The zero-order valence-corrected chi connectivity index (χ0v) is 14.4. The van der Waals surface area contributed by atoms with Gasteiger partial charge in [0.2, 0.25) is 0 Å². The number of hydrogen-bond donors (Lipinski definition) is 3. The summed E-state index contributed by atoms with van der Waals surface area (Å²) in [5.74, 6) is -1.51. The Labute approximate surface area is 158 Å². The topological polar surface area (TPSA) is 151 Å². The lowest BCUT2D eigenvalue weighted by Gasteiger charge is -2.07. The van der Waals surface area contributed by atoms with Crippen molar-refractivity contribution in [3.63, 3.8) is 0 Å². The number of carbonyl (C=O) groups excluding carboxylic acids is 2. The maximum Gasteiger partial charge on any atom is 0.271 e. The molecular weight excluding hydrogens is 374 g/mol. The first-order chi connectivity index (χ1) is 12.8. The van der Waals surface area contributed by atoms with Crippen molar-refractivity contribution in [3.05, 3.63) is 74.9 Å². The summed E-state index contributed by atoms with van der Waals surface area (Å²) in [5, 5.41) is 24.6. The first kappa shape index (κ1) is 19.4. The van der Waals surface area contributed by atoms with E-state index in [1.54, 1.807) is 18.2 Å². The third-order valence-corrected chi connectivity index (χ3v) is 3.66. The second kappa shape index (κ2) is 8.46. The predicted molar refractivity (Wildman–Crippen MR) is 98.8 cm³/mol. The number of halogens is 1. The molecular formula is C17H12ClN5O4. The van der Waals surface area contributed by atoms with Gasteiger partial charge in [-0.05, 0) is 18.2 Å². The average molecular weight is 386 g/mol. The molecule has 0 bridgehead atoms. The fraction of sp³-hybridized carbons (Fsp3) is 0. The number of rotatable bonds is 5. The van der Waals surface area contributed by atoms with Crippen molar-refractivity contribution < 1.29 is 14.5 Å². The third kappa shape index (κ3) is 4.81. The normalized spacial score (nSPS) is 10.6. The van der Waals surface area contributed by atoms with Gasteiger partial charge in [-0.25, -0.2) is 0 Å². The van der Waals surface area contributed by atoms with Gasteiger partial charge in [0.25, 0.3) is 17.5 Å². The van der Waals surface area contributed by atoms with Crippen LogP contribution in [0.4, 0.5) is 17.1 Å². The maximum absolute atomic E-state index is 12.2. The van der Waals surface area contributed by atoms with Gasteiger partial charge in [0, 0.05) is 24.0 Å². The fourth-order valence-electron chi connectivity index (χ4n) is 1.98. The molecule has 27 heavy (non-hydrogen) atoms. The third-order valence-electron chi connectivity index (χ3n) is 3.33. The number of carbonyl (C=O) groups is 2. The van der Waals surface area contributed by atoms with Gasteiger partial charge < -0.3 is 16.4 Å². The van der Waals surface area contributed by atoms with Crippen molar-refractivity contribution in [1.82, 2.24) is 5.32 Å². The second-order valence-corrected chi connectivity index (χ2v) is 5.51. The highest BCUT2D eigenvalue weighted by atomic mass is 35.5. The number of anilines is 2. The molecule has 2 aromatic rings. The molecule has 2 aromatic carbocycles. The molecule has 0 aromatic heterocycles. The molecule has 0 aliphatic carbocycles. The summed E-state index contributed by atoms with van der Waals surface area (Å²) in [6.45, 7) is 0. The summed E-state index contributed by atoms with van der Waals surface area (Å²) < 4.78 is 0. The van der Waals surface area contributed by atoms with Crippen LogP contribution in [0, 0.1) is 21.4 Å². The minimum absolute atomic E-state index is 0.0457. The van der Waals surface area contributed by atoms with Crippen LogP contribution < -0.4 is 16.4 Å².